The summed E-state index contributed by atoms with van der Waals surface area (Å²) in [4.78, 5) is 4.51. The molecule has 19 heavy (non-hydrogen) atoms. The average Bonchev–Trinajstić information content (AvgIpc) is 2.79. The Morgan fingerprint density at radius 2 is 2.26 bits per heavy atom. The minimum absolute atomic E-state index is 0.237. The Kier molecular flexibility index (Phi) is 4.32. The van der Waals surface area contributed by atoms with Crippen molar-refractivity contribution in [2.45, 2.75) is 46.1 Å². The summed E-state index contributed by atoms with van der Waals surface area (Å²) in [5, 5.41) is 4.36. The fourth-order valence-corrected chi connectivity index (χ4v) is 2.17. The molecule has 0 aliphatic carbocycles. The maximum Gasteiger partial charge on any atom is 0.163 e. The molecule has 0 spiro atoms. The Morgan fingerprint density at radius 1 is 1.47 bits per heavy atom. The normalized spacial score (nSPS) is 14.0. The number of aryl methyl sites for hydroxylation is 1. The largest absolute Gasteiger partial charge is 0.327 e. The van der Waals surface area contributed by atoms with Gasteiger partial charge in [0.25, 0.3) is 0 Å². The third kappa shape index (κ3) is 3.01. The fraction of sp³-hybridized carbons (Fsp3) is 0.467. The summed E-state index contributed by atoms with van der Waals surface area (Å²) in [6, 6.07) is 4.36. The maximum atomic E-state index is 5.99. The molecule has 0 saturated heterocycles. The second-order valence-corrected chi connectivity index (χ2v) is 4.84. The van der Waals surface area contributed by atoms with E-state index in [0.717, 1.165) is 36.3 Å². The van der Waals surface area contributed by atoms with Crippen molar-refractivity contribution in [2.24, 2.45) is 5.73 Å². The van der Waals surface area contributed by atoms with Gasteiger partial charge in [0.2, 0.25) is 0 Å². The molecule has 2 rings (SSSR count). The number of fused-ring (bicyclic) bond motifs is 1. The lowest BCUT2D eigenvalue weighted by atomic mass is 10.0. The van der Waals surface area contributed by atoms with Crippen LogP contribution >= 0.6 is 0 Å². The van der Waals surface area contributed by atoms with Crippen LogP contribution in [0.25, 0.3) is 11.2 Å². The van der Waals surface area contributed by atoms with E-state index >= 15 is 0 Å². The number of pyridine rings is 1. The first kappa shape index (κ1) is 13.7. The Balaban J connectivity index is 2.40. The smallest absolute Gasteiger partial charge is 0.163 e. The SMILES string of the molecule is CC/C(=C\CC(N)CC)c1cccn2nc(C)nc12. The zero-order valence-corrected chi connectivity index (χ0v) is 11.9. The molecular weight excluding hydrogens is 236 g/mol. The number of aromatic nitrogens is 3. The van der Waals surface area contributed by atoms with Gasteiger partial charge in [0.15, 0.2) is 5.65 Å². The van der Waals surface area contributed by atoms with E-state index in [2.05, 4.69) is 36.1 Å². The highest BCUT2D eigenvalue weighted by atomic mass is 15.3. The maximum absolute atomic E-state index is 5.99. The zero-order chi connectivity index (χ0) is 13.8. The molecule has 0 radical (unpaired) electrons. The molecule has 2 aromatic heterocycles. The second-order valence-electron chi connectivity index (χ2n) is 4.84. The lowest BCUT2D eigenvalue weighted by Gasteiger charge is -2.09. The van der Waals surface area contributed by atoms with Crippen LogP contribution in [-0.4, -0.2) is 20.6 Å². The molecule has 4 heteroatoms. The van der Waals surface area contributed by atoms with Crippen molar-refractivity contribution < 1.29 is 0 Å². The van der Waals surface area contributed by atoms with Crippen LogP contribution in [-0.2, 0) is 0 Å². The fourth-order valence-electron chi connectivity index (χ4n) is 2.17. The summed E-state index contributed by atoms with van der Waals surface area (Å²) in [6.07, 6.45) is 7.06. The molecule has 0 aliphatic rings. The molecule has 2 N–H and O–H groups in total. The highest BCUT2D eigenvalue weighted by Gasteiger charge is 2.09. The van der Waals surface area contributed by atoms with Gasteiger partial charge in [-0.05, 0) is 43.9 Å². The Morgan fingerprint density at radius 3 is 2.95 bits per heavy atom. The first-order chi connectivity index (χ1) is 9.15. The summed E-state index contributed by atoms with van der Waals surface area (Å²) in [6.45, 7) is 6.20. The predicted molar refractivity (Wildman–Crippen MR) is 78.9 cm³/mol. The number of nitrogens with zero attached hydrogens (tertiary/aromatic N) is 3. The Bertz CT molecular complexity index is 583. The van der Waals surface area contributed by atoms with E-state index in [9.17, 15) is 0 Å². The zero-order valence-electron chi connectivity index (χ0n) is 11.9. The molecule has 2 heterocycles. The van der Waals surface area contributed by atoms with Crippen LogP contribution in [0.2, 0.25) is 0 Å². The van der Waals surface area contributed by atoms with Crippen molar-refractivity contribution in [3.8, 4) is 0 Å². The number of allylic oxidation sites excluding steroid dienone is 1. The van der Waals surface area contributed by atoms with Gasteiger partial charge in [0.1, 0.15) is 5.82 Å². The highest BCUT2D eigenvalue weighted by Crippen LogP contribution is 2.22. The number of hydrogen-bond donors (Lipinski definition) is 1. The first-order valence-corrected chi connectivity index (χ1v) is 6.92. The van der Waals surface area contributed by atoms with Gasteiger partial charge in [-0.1, -0.05) is 19.9 Å². The van der Waals surface area contributed by atoms with E-state index in [-0.39, 0.29) is 6.04 Å². The molecule has 2 aromatic rings. The van der Waals surface area contributed by atoms with Crippen LogP contribution < -0.4 is 5.73 Å². The quantitative estimate of drug-likeness (QED) is 0.897. The first-order valence-electron chi connectivity index (χ1n) is 6.92. The van der Waals surface area contributed by atoms with Gasteiger partial charge in [-0.15, -0.1) is 0 Å². The summed E-state index contributed by atoms with van der Waals surface area (Å²) in [5.41, 5.74) is 9.38. The van der Waals surface area contributed by atoms with Gasteiger partial charge in [0, 0.05) is 17.8 Å². The van der Waals surface area contributed by atoms with Crippen molar-refractivity contribution in [1.29, 1.82) is 0 Å². The molecule has 0 bridgehead atoms. The van der Waals surface area contributed by atoms with Crippen LogP contribution in [0.4, 0.5) is 0 Å². The van der Waals surface area contributed by atoms with Crippen LogP contribution in [0.1, 0.15) is 44.5 Å². The number of hydrogen-bond acceptors (Lipinski definition) is 3. The molecular formula is C15H22N4. The van der Waals surface area contributed by atoms with Gasteiger partial charge in [-0.3, -0.25) is 0 Å². The van der Waals surface area contributed by atoms with E-state index in [4.69, 9.17) is 5.73 Å². The summed E-state index contributed by atoms with van der Waals surface area (Å²) >= 11 is 0. The van der Waals surface area contributed by atoms with Crippen LogP contribution in [0.5, 0.6) is 0 Å². The second kappa shape index (κ2) is 5.97. The lowest BCUT2D eigenvalue weighted by Crippen LogP contribution is -2.17. The van der Waals surface area contributed by atoms with E-state index in [1.807, 2.05) is 23.7 Å². The predicted octanol–water partition coefficient (Wildman–Crippen LogP) is 2.96. The van der Waals surface area contributed by atoms with E-state index in [1.165, 1.54) is 5.57 Å². The topological polar surface area (TPSA) is 56.2 Å². The number of nitrogens with two attached hydrogens (primary N) is 1. The van der Waals surface area contributed by atoms with E-state index in [1.54, 1.807) is 0 Å². The standard InChI is InChI=1S/C15H22N4/c1-4-12(8-9-13(16)5-2)14-7-6-10-19-15(14)17-11(3)18-19/h6-8,10,13H,4-5,9,16H2,1-3H3/b12-8+. The molecule has 1 atom stereocenters. The number of rotatable bonds is 5. The van der Waals surface area contributed by atoms with Crippen molar-refractivity contribution in [2.75, 3.05) is 0 Å². The van der Waals surface area contributed by atoms with E-state index < -0.39 is 0 Å². The molecule has 0 aliphatic heterocycles. The lowest BCUT2D eigenvalue weighted by molar-refractivity contribution is 0.659. The van der Waals surface area contributed by atoms with Crippen molar-refractivity contribution in [3.05, 3.63) is 35.8 Å². The van der Waals surface area contributed by atoms with Gasteiger partial charge in [0.05, 0.1) is 0 Å². The van der Waals surface area contributed by atoms with Crippen LogP contribution in [0.3, 0.4) is 0 Å². The molecule has 4 nitrogen and oxygen atoms in total. The highest BCUT2D eigenvalue weighted by molar-refractivity contribution is 5.75. The van der Waals surface area contributed by atoms with Gasteiger partial charge >= 0.3 is 0 Å². The van der Waals surface area contributed by atoms with Crippen LogP contribution in [0.15, 0.2) is 24.4 Å². The van der Waals surface area contributed by atoms with Crippen molar-refractivity contribution >= 4 is 11.2 Å². The Labute approximate surface area is 114 Å². The molecule has 0 saturated carbocycles. The van der Waals surface area contributed by atoms with E-state index in [0.29, 0.717) is 0 Å². The average molecular weight is 258 g/mol. The van der Waals surface area contributed by atoms with Crippen molar-refractivity contribution in [3.63, 3.8) is 0 Å². The third-order valence-electron chi connectivity index (χ3n) is 3.39. The molecule has 0 fully saturated rings. The molecule has 0 aromatic carbocycles. The molecule has 0 amide bonds. The third-order valence-corrected chi connectivity index (χ3v) is 3.39. The van der Waals surface area contributed by atoms with Crippen LogP contribution in [0, 0.1) is 6.92 Å². The van der Waals surface area contributed by atoms with Gasteiger partial charge in [-0.25, -0.2) is 9.50 Å². The van der Waals surface area contributed by atoms with Crippen molar-refractivity contribution in [1.82, 2.24) is 14.6 Å². The Hall–Kier alpha value is -1.68. The van der Waals surface area contributed by atoms with Gasteiger partial charge in [-0.2, -0.15) is 5.10 Å². The minimum atomic E-state index is 0.237. The summed E-state index contributed by atoms with van der Waals surface area (Å²) in [7, 11) is 0. The van der Waals surface area contributed by atoms with Gasteiger partial charge < -0.3 is 5.73 Å². The summed E-state index contributed by atoms with van der Waals surface area (Å²) < 4.78 is 1.84. The molecule has 102 valence electrons. The summed E-state index contributed by atoms with van der Waals surface area (Å²) in [5.74, 6) is 0.799. The molecule has 1 unspecified atom stereocenters. The monoisotopic (exact) mass is 258 g/mol. The minimum Gasteiger partial charge on any atom is -0.327 e.